The molecule has 13 heteroatoms. The van der Waals surface area contributed by atoms with Crippen LogP contribution in [-0.4, -0.2) is 85.1 Å². The van der Waals surface area contributed by atoms with Crippen LogP contribution in [0.1, 0.15) is 13.3 Å². The molecule has 0 aliphatic heterocycles. The average molecular weight is 474 g/mol. The number of amides is 1. The summed E-state index contributed by atoms with van der Waals surface area (Å²) in [5.41, 5.74) is 0.432. The van der Waals surface area contributed by atoms with Crippen molar-refractivity contribution in [2.75, 3.05) is 79.2 Å². The molecule has 11 nitrogen and oxygen atoms in total. The predicted molar refractivity (Wildman–Crippen MR) is 115 cm³/mol. The predicted octanol–water partition coefficient (Wildman–Crippen LogP) is 1.09. The highest BCUT2D eigenvalue weighted by atomic mass is 32.0. The van der Waals surface area contributed by atoms with E-state index in [1.54, 1.807) is 0 Å². The van der Waals surface area contributed by atoms with Crippen molar-refractivity contribution in [3.05, 3.63) is 12.1 Å². The van der Waals surface area contributed by atoms with Crippen LogP contribution in [0, 0.1) is 0 Å². The zero-order valence-corrected chi connectivity index (χ0v) is 19.7. The summed E-state index contributed by atoms with van der Waals surface area (Å²) in [6.07, 6.45) is 0.995. The van der Waals surface area contributed by atoms with Crippen molar-refractivity contribution in [2.24, 2.45) is 5.90 Å². The summed E-state index contributed by atoms with van der Waals surface area (Å²) in [6.45, 7) is 10.9. The third-order valence-electron chi connectivity index (χ3n) is 3.01. The molecule has 0 aromatic rings. The van der Waals surface area contributed by atoms with Crippen LogP contribution in [0.25, 0.3) is 0 Å². The average Bonchev–Trinajstić information content (AvgIpc) is 2.73. The van der Waals surface area contributed by atoms with E-state index in [0.717, 1.165) is 13.0 Å². The van der Waals surface area contributed by atoms with Gasteiger partial charge in [-0.1, -0.05) is 18.5 Å². The molecule has 0 aliphatic rings. The van der Waals surface area contributed by atoms with Crippen LogP contribution in [0.15, 0.2) is 12.1 Å². The first-order chi connectivity index (χ1) is 14.7. The summed E-state index contributed by atoms with van der Waals surface area (Å²) in [6, 6.07) is 0. The quantitative estimate of drug-likeness (QED) is 0.0690. The lowest BCUT2D eigenvalue weighted by Crippen LogP contribution is -2.31. The summed E-state index contributed by atoms with van der Waals surface area (Å²) in [5.74, 6) is 4.55. The van der Waals surface area contributed by atoms with Crippen LogP contribution < -0.4 is 11.2 Å². The van der Waals surface area contributed by atoms with Gasteiger partial charge in [-0.15, -0.1) is 0 Å². The molecule has 30 heavy (non-hydrogen) atoms. The molecule has 3 N–H and O–H groups in total. The number of hydrogen-bond acceptors (Lipinski definition) is 10. The lowest BCUT2D eigenvalue weighted by molar-refractivity contribution is -0.257. The lowest BCUT2D eigenvalue weighted by atomic mass is 10.5. The molecule has 2 atom stereocenters. The second kappa shape index (κ2) is 24.8. The maximum absolute atomic E-state index is 11.6. The number of hydrogen-bond donors (Lipinski definition) is 2. The van der Waals surface area contributed by atoms with E-state index in [4.69, 9.17) is 34.1 Å². The highest BCUT2D eigenvalue weighted by molar-refractivity contribution is 8.11. The Labute approximate surface area is 182 Å². The second-order valence-electron chi connectivity index (χ2n) is 5.53. The molecule has 0 fully saturated rings. The van der Waals surface area contributed by atoms with Gasteiger partial charge in [-0.3, -0.25) is 4.79 Å². The molecule has 0 aliphatic carbocycles. The van der Waals surface area contributed by atoms with Crippen molar-refractivity contribution in [3.8, 4) is 0 Å². The van der Waals surface area contributed by atoms with Gasteiger partial charge in [0.25, 0.3) is 0 Å². The molecule has 2 unspecified atom stereocenters. The van der Waals surface area contributed by atoms with Gasteiger partial charge < -0.3 is 38.4 Å². The minimum atomic E-state index is -0.189. The Bertz CT molecular complexity index is 409. The summed E-state index contributed by atoms with van der Waals surface area (Å²) in [7, 11) is 0.495. The SMILES string of the molecule is C=C(OON)PPOCCOCCOCCNC(=O)COCCOCCOCCC. The number of nitrogens with two attached hydrogens (primary N) is 1. The molecule has 0 saturated heterocycles. The van der Waals surface area contributed by atoms with Crippen molar-refractivity contribution >= 4 is 22.7 Å². The Balaban J connectivity index is 3.18. The standard InChI is InChI=1S/C17H36N2O9P2/c1-3-5-21-7-9-23-11-12-25-15-17(20)19-4-6-22-8-10-24-13-14-26-30-29-16(2)27-28-18/h29-30H,2-15,18H2,1H3,(H,19,20). The number of ether oxygens (including phenoxy) is 5. The van der Waals surface area contributed by atoms with Crippen molar-refractivity contribution in [1.29, 1.82) is 0 Å². The van der Waals surface area contributed by atoms with Crippen molar-refractivity contribution < 1.29 is 42.9 Å². The smallest absolute Gasteiger partial charge is 0.246 e. The zero-order chi connectivity index (χ0) is 22.1. The van der Waals surface area contributed by atoms with Gasteiger partial charge in [0.2, 0.25) is 5.91 Å². The van der Waals surface area contributed by atoms with Crippen LogP contribution in [-0.2, 0) is 42.9 Å². The van der Waals surface area contributed by atoms with Gasteiger partial charge in [0.15, 0.2) is 5.50 Å². The first-order valence-corrected chi connectivity index (χ1v) is 12.6. The normalized spacial score (nSPS) is 11.7. The van der Waals surface area contributed by atoms with Gasteiger partial charge in [-0.05, 0) is 6.42 Å². The largest absolute Gasteiger partial charge is 0.379 e. The topological polar surface area (TPSA) is 129 Å². The third kappa shape index (κ3) is 23.8. The first-order valence-electron chi connectivity index (χ1n) is 9.71. The molecular weight excluding hydrogens is 438 g/mol. The van der Waals surface area contributed by atoms with Crippen LogP contribution in [0.3, 0.4) is 0 Å². The fraction of sp³-hybridized carbons (Fsp3) is 0.824. The maximum atomic E-state index is 11.6. The summed E-state index contributed by atoms with van der Waals surface area (Å²) in [5, 5.41) is 2.71. The Kier molecular flexibility index (Phi) is 24.4. The molecule has 0 radical (unpaired) electrons. The molecule has 0 saturated carbocycles. The minimum Gasteiger partial charge on any atom is -0.379 e. The summed E-state index contributed by atoms with van der Waals surface area (Å²) in [4.78, 5) is 20.1. The number of carbonyl (C=O) groups is 1. The number of rotatable bonds is 24. The first kappa shape index (κ1) is 29.5. The van der Waals surface area contributed by atoms with Gasteiger partial charge in [-0.25, -0.2) is 0 Å². The van der Waals surface area contributed by atoms with Gasteiger partial charge in [0.05, 0.1) is 59.5 Å². The summed E-state index contributed by atoms with van der Waals surface area (Å²) < 4.78 is 31.9. The molecule has 178 valence electrons. The molecule has 0 aromatic heterocycles. The molecular formula is C17H36N2O9P2. The van der Waals surface area contributed by atoms with E-state index in [0.29, 0.717) is 71.5 Å². The van der Waals surface area contributed by atoms with E-state index in [9.17, 15) is 4.79 Å². The van der Waals surface area contributed by atoms with Crippen molar-refractivity contribution in [1.82, 2.24) is 5.32 Å². The highest BCUT2D eigenvalue weighted by Gasteiger charge is 2.01. The van der Waals surface area contributed by atoms with Crippen LogP contribution in [0.5, 0.6) is 0 Å². The van der Waals surface area contributed by atoms with E-state index in [1.165, 1.54) is 0 Å². The third-order valence-corrected chi connectivity index (χ3v) is 5.40. The molecule has 0 rings (SSSR count). The minimum absolute atomic E-state index is 0.00123. The Morgan fingerprint density at radius 3 is 2.07 bits per heavy atom. The number of carbonyl (C=O) groups excluding carboxylic acids is 1. The van der Waals surface area contributed by atoms with Crippen LogP contribution >= 0.6 is 16.8 Å². The van der Waals surface area contributed by atoms with Crippen molar-refractivity contribution in [2.45, 2.75) is 13.3 Å². The Morgan fingerprint density at radius 1 is 0.867 bits per heavy atom. The van der Waals surface area contributed by atoms with Gasteiger partial charge >= 0.3 is 0 Å². The van der Waals surface area contributed by atoms with Crippen molar-refractivity contribution in [3.63, 3.8) is 0 Å². The molecule has 0 aromatic carbocycles. The molecule has 1 amide bonds. The molecule has 0 bridgehead atoms. The highest BCUT2D eigenvalue weighted by Crippen LogP contribution is 2.43. The lowest BCUT2D eigenvalue weighted by Gasteiger charge is -2.09. The van der Waals surface area contributed by atoms with E-state index >= 15 is 0 Å². The number of nitrogens with one attached hydrogen (secondary N) is 1. The fourth-order valence-electron chi connectivity index (χ4n) is 1.71. The van der Waals surface area contributed by atoms with E-state index in [2.05, 4.69) is 28.7 Å². The summed E-state index contributed by atoms with van der Waals surface area (Å²) >= 11 is 0. The Hall–Kier alpha value is -0.450. The second-order valence-corrected chi connectivity index (χ2v) is 8.19. The zero-order valence-electron chi connectivity index (χ0n) is 17.7. The van der Waals surface area contributed by atoms with E-state index < -0.39 is 0 Å². The molecule has 0 spiro atoms. The monoisotopic (exact) mass is 474 g/mol. The van der Waals surface area contributed by atoms with Crippen LogP contribution in [0.4, 0.5) is 0 Å². The van der Waals surface area contributed by atoms with E-state index in [1.807, 2.05) is 0 Å². The van der Waals surface area contributed by atoms with Gasteiger partial charge in [0.1, 0.15) is 6.61 Å². The maximum Gasteiger partial charge on any atom is 0.246 e. The van der Waals surface area contributed by atoms with Gasteiger partial charge in [-0.2, -0.15) is 5.90 Å². The van der Waals surface area contributed by atoms with E-state index in [-0.39, 0.29) is 29.3 Å². The fourth-order valence-corrected chi connectivity index (χ4v) is 3.16. The van der Waals surface area contributed by atoms with Gasteiger partial charge in [0, 0.05) is 29.9 Å². The Morgan fingerprint density at radius 2 is 1.43 bits per heavy atom. The van der Waals surface area contributed by atoms with Crippen LogP contribution in [0.2, 0.25) is 0 Å². The molecule has 0 heterocycles.